The average Bonchev–Trinajstić information content (AvgIpc) is 2.42. The number of carbonyl (C=O) groups excluding carboxylic acids is 2. The fourth-order valence-corrected chi connectivity index (χ4v) is 2.82. The number of ether oxygens (including phenoxy) is 3. The first kappa shape index (κ1) is 13.1. The molecule has 5 heteroatoms. The first-order valence-corrected chi connectivity index (χ1v) is 6.70. The normalized spacial score (nSPS) is 32.4. The van der Waals surface area contributed by atoms with Crippen LogP contribution in [-0.2, 0) is 23.8 Å². The Balaban J connectivity index is 1.90. The van der Waals surface area contributed by atoms with Crippen LogP contribution in [0.5, 0.6) is 0 Å². The van der Waals surface area contributed by atoms with Crippen molar-refractivity contribution in [3.8, 4) is 0 Å². The second-order valence-electron chi connectivity index (χ2n) is 5.13. The maximum absolute atomic E-state index is 11.5. The minimum atomic E-state index is -0.588. The van der Waals surface area contributed by atoms with E-state index in [4.69, 9.17) is 14.2 Å². The quantitative estimate of drug-likeness (QED) is 0.770. The Morgan fingerprint density at radius 1 is 1.30 bits per heavy atom. The molecule has 3 rings (SSSR count). The minimum absolute atomic E-state index is 0.168. The maximum atomic E-state index is 11.5. The van der Waals surface area contributed by atoms with E-state index in [9.17, 15) is 9.59 Å². The van der Waals surface area contributed by atoms with Gasteiger partial charge in [-0.3, -0.25) is 9.59 Å². The van der Waals surface area contributed by atoms with Gasteiger partial charge in [-0.15, -0.1) is 0 Å². The molecule has 1 aromatic rings. The molecular formula is C15H16O5. The van der Waals surface area contributed by atoms with Gasteiger partial charge in [0.25, 0.3) is 0 Å². The van der Waals surface area contributed by atoms with Crippen LogP contribution in [0.15, 0.2) is 30.3 Å². The summed E-state index contributed by atoms with van der Waals surface area (Å²) in [5, 5.41) is 0. The van der Waals surface area contributed by atoms with Crippen molar-refractivity contribution in [3.05, 3.63) is 35.9 Å². The molecule has 0 saturated carbocycles. The smallest absolute Gasteiger partial charge is 0.308 e. The lowest BCUT2D eigenvalue weighted by molar-refractivity contribution is -0.227. The summed E-state index contributed by atoms with van der Waals surface area (Å²) in [6.07, 6.45) is -0.741. The fourth-order valence-electron chi connectivity index (χ4n) is 2.82. The number of hydrogen-bond donors (Lipinski definition) is 0. The fraction of sp³-hybridized carbons (Fsp3) is 0.467. The lowest BCUT2D eigenvalue weighted by Gasteiger charge is -2.43. The van der Waals surface area contributed by atoms with E-state index in [-0.39, 0.29) is 18.5 Å². The minimum Gasteiger partial charge on any atom is -0.458 e. The summed E-state index contributed by atoms with van der Waals surface area (Å²) in [5.41, 5.74) is 0.923. The Labute approximate surface area is 116 Å². The molecule has 5 nitrogen and oxygen atoms in total. The summed E-state index contributed by atoms with van der Waals surface area (Å²) in [7, 11) is 0. The third kappa shape index (κ3) is 2.54. The first-order chi connectivity index (χ1) is 9.63. The van der Waals surface area contributed by atoms with E-state index in [0.717, 1.165) is 5.56 Å². The van der Waals surface area contributed by atoms with Crippen molar-refractivity contribution in [3.63, 3.8) is 0 Å². The second kappa shape index (κ2) is 5.25. The van der Waals surface area contributed by atoms with Crippen LogP contribution in [0.1, 0.15) is 31.4 Å². The zero-order valence-corrected chi connectivity index (χ0v) is 11.2. The van der Waals surface area contributed by atoms with E-state index in [1.54, 1.807) is 0 Å². The van der Waals surface area contributed by atoms with Crippen molar-refractivity contribution in [2.75, 3.05) is 0 Å². The van der Waals surface area contributed by atoms with Gasteiger partial charge in [-0.25, -0.2) is 0 Å². The Bertz CT molecular complexity index is 512. The van der Waals surface area contributed by atoms with Crippen LogP contribution in [0.2, 0.25) is 0 Å². The predicted octanol–water partition coefficient (Wildman–Crippen LogP) is 1.76. The van der Waals surface area contributed by atoms with E-state index in [1.165, 1.54) is 6.92 Å². The van der Waals surface area contributed by atoms with Crippen LogP contribution in [0.4, 0.5) is 0 Å². The highest BCUT2D eigenvalue weighted by Crippen LogP contribution is 2.39. The van der Waals surface area contributed by atoms with Gasteiger partial charge >= 0.3 is 11.9 Å². The Morgan fingerprint density at radius 3 is 2.75 bits per heavy atom. The zero-order valence-electron chi connectivity index (χ0n) is 11.2. The molecule has 1 aromatic carbocycles. The highest BCUT2D eigenvalue weighted by molar-refractivity contribution is 5.71. The number of rotatable bonds is 2. The topological polar surface area (TPSA) is 61.8 Å². The van der Waals surface area contributed by atoms with Gasteiger partial charge in [0.1, 0.15) is 12.2 Å². The van der Waals surface area contributed by atoms with Crippen LogP contribution in [0.3, 0.4) is 0 Å². The highest BCUT2D eigenvalue weighted by atomic mass is 16.6. The van der Waals surface area contributed by atoms with Gasteiger partial charge in [0.05, 0.1) is 12.5 Å². The predicted molar refractivity (Wildman–Crippen MR) is 68.7 cm³/mol. The molecule has 0 amide bonds. The Morgan fingerprint density at radius 2 is 2.05 bits per heavy atom. The van der Waals surface area contributed by atoms with Gasteiger partial charge in [0.2, 0.25) is 0 Å². The van der Waals surface area contributed by atoms with Crippen LogP contribution in [0.25, 0.3) is 0 Å². The van der Waals surface area contributed by atoms with Crippen molar-refractivity contribution in [1.82, 2.24) is 0 Å². The van der Waals surface area contributed by atoms with Crippen molar-refractivity contribution in [2.45, 2.75) is 44.2 Å². The molecule has 2 bridgehead atoms. The SMILES string of the molecule is CC(=O)O[C@@H]1[C@H]2C[C@H](CC(=O)O2)O[C@H]1c1ccccc1. The molecule has 2 fully saturated rings. The van der Waals surface area contributed by atoms with E-state index in [0.29, 0.717) is 6.42 Å². The lowest BCUT2D eigenvalue weighted by Crippen LogP contribution is -2.51. The van der Waals surface area contributed by atoms with Crippen molar-refractivity contribution in [1.29, 1.82) is 0 Å². The number of benzene rings is 1. The van der Waals surface area contributed by atoms with E-state index < -0.39 is 24.3 Å². The molecular weight excluding hydrogens is 260 g/mol. The summed E-state index contributed by atoms with van der Waals surface area (Å²) in [6, 6.07) is 9.56. The number of hydrogen-bond acceptors (Lipinski definition) is 5. The largest absolute Gasteiger partial charge is 0.458 e. The lowest BCUT2D eigenvalue weighted by atomic mass is 9.90. The van der Waals surface area contributed by atoms with Crippen molar-refractivity contribution >= 4 is 11.9 Å². The van der Waals surface area contributed by atoms with Crippen molar-refractivity contribution in [2.24, 2.45) is 0 Å². The van der Waals surface area contributed by atoms with Gasteiger partial charge in [0.15, 0.2) is 6.10 Å². The summed E-state index contributed by atoms with van der Waals surface area (Å²) in [5.74, 6) is -0.700. The summed E-state index contributed by atoms with van der Waals surface area (Å²) in [6.45, 7) is 1.35. The summed E-state index contributed by atoms with van der Waals surface area (Å²) in [4.78, 5) is 22.8. The van der Waals surface area contributed by atoms with Gasteiger partial charge in [-0.05, 0) is 5.56 Å². The molecule has 0 radical (unpaired) electrons. The van der Waals surface area contributed by atoms with Gasteiger partial charge in [0, 0.05) is 13.3 Å². The van der Waals surface area contributed by atoms with Gasteiger partial charge in [-0.1, -0.05) is 30.3 Å². The number of carbonyl (C=O) groups is 2. The Hall–Kier alpha value is -1.88. The molecule has 0 aliphatic carbocycles. The molecule has 0 unspecified atom stereocenters. The van der Waals surface area contributed by atoms with E-state index >= 15 is 0 Å². The third-order valence-corrected chi connectivity index (χ3v) is 3.61. The maximum Gasteiger partial charge on any atom is 0.308 e. The van der Waals surface area contributed by atoms with Crippen molar-refractivity contribution < 1.29 is 23.8 Å². The molecule has 0 N–H and O–H groups in total. The molecule has 4 atom stereocenters. The highest BCUT2D eigenvalue weighted by Gasteiger charge is 2.47. The Kier molecular flexibility index (Phi) is 3.44. The van der Waals surface area contributed by atoms with E-state index in [1.807, 2.05) is 30.3 Å². The van der Waals surface area contributed by atoms with Crippen LogP contribution < -0.4 is 0 Å². The molecule has 0 aromatic heterocycles. The number of esters is 2. The van der Waals surface area contributed by atoms with Crippen LogP contribution in [0, 0.1) is 0 Å². The van der Waals surface area contributed by atoms with Crippen LogP contribution >= 0.6 is 0 Å². The molecule has 0 spiro atoms. The van der Waals surface area contributed by atoms with Gasteiger partial charge in [-0.2, -0.15) is 0 Å². The van der Waals surface area contributed by atoms with E-state index in [2.05, 4.69) is 0 Å². The monoisotopic (exact) mass is 276 g/mol. The second-order valence-corrected chi connectivity index (χ2v) is 5.13. The molecule has 20 heavy (non-hydrogen) atoms. The standard InChI is InChI=1S/C15H16O5/c1-9(16)18-15-12-7-11(8-13(17)20-12)19-14(15)10-5-3-2-4-6-10/h2-6,11-12,14-15H,7-8H2,1H3/t11-,12-,14+,15-/m1/s1. The summed E-state index contributed by atoms with van der Waals surface area (Å²) < 4.78 is 16.6. The first-order valence-electron chi connectivity index (χ1n) is 6.70. The number of fused-ring (bicyclic) bond motifs is 2. The molecule has 2 saturated heterocycles. The molecule has 2 heterocycles. The zero-order chi connectivity index (χ0) is 14.1. The third-order valence-electron chi connectivity index (χ3n) is 3.61. The molecule has 2 aliphatic rings. The summed E-state index contributed by atoms with van der Waals surface area (Å²) >= 11 is 0. The van der Waals surface area contributed by atoms with Crippen LogP contribution in [-0.4, -0.2) is 30.3 Å². The average molecular weight is 276 g/mol. The molecule has 106 valence electrons. The molecule has 2 aliphatic heterocycles. The van der Waals surface area contributed by atoms with Gasteiger partial charge < -0.3 is 14.2 Å².